The third kappa shape index (κ3) is 2.81. The smallest absolute Gasteiger partial charge is 0.305 e. The normalized spacial score (nSPS) is 19.1. The summed E-state index contributed by atoms with van der Waals surface area (Å²) in [5.74, 6) is -0.0392. The van der Waals surface area contributed by atoms with E-state index in [4.69, 9.17) is 0 Å². The molecule has 1 aliphatic rings. The van der Waals surface area contributed by atoms with Crippen molar-refractivity contribution in [1.82, 2.24) is 0 Å². The van der Waals surface area contributed by atoms with Crippen LogP contribution in [-0.2, 0) is 9.53 Å². The molecule has 1 heterocycles. The highest BCUT2D eigenvalue weighted by molar-refractivity contribution is 5.69. The van der Waals surface area contributed by atoms with Crippen LogP contribution in [0.15, 0.2) is 18.2 Å². The summed E-state index contributed by atoms with van der Waals surface area (Å²) < 4.78 is 18.2. The van der Waals surface area contributed by atoms with Crippen molar-refractivity contribution in [3.05, 3.63) is 29.6 Å². The number of hydrogen-bond acceptors (Lipinski definition) is 3. The number of benzene rings is 1. The minimum Gasteiger partial charge on any atom is -0.469 e. The van der Waals surface area contributed by atoms with Gasteiger partial charge in [0, 0.05) is 18.8 Å². The third-order valence-electron chi connectivity index (χ3n) is 3.49. The number of nitrogens with zero attached hydrogens (tertiary/aromatic N) is 1. The molecule has 3 nitrogen and oxygen atoms in total. The van der Waals surface area contributed by atoms with Crippen molar-refractivity contribution in [3.63, 3.8) is 0 Å². The molecule has 1 aromatic carbocycles. The second kappa shape index (κ2) is 5.38. The van der Waals surface area contributed by atoms with Crippen molar-refractivity contribution in [2.45, 2.75) is 19.8 Å². The van der Waals surface area contributed by atoms with Crippen LogP contribution in [0.5, 0.6) is 0 Å². The van der Waals surface area contributed by atoms with Crippen molar-refractivity contribution >= 4 is 11.7 Å². The average Bonchev–Trinajstić information content (AvgIpc) is 2.81. The van der Waals surface area contributed by atoms with Crippen molar-refractivity contribution < 1.29 is 13.9 Å². The zero-order valence-electron chi connectivity index (χ0n) is 10.8. The monoisotopic (exact) mass is 251 g/mol. The zero-order chi connectivity index (χ0) is 13.1. The van der Waals surface area contributed by atoms with E-state index in [0.29, 0.717) is 17.9 Å². The number of carbonyl (C=O) groups excluding carboxylic acids is 1. The van der Waals surface area contributed by atoms with Gasteiger partial charge in [-0.1, -0.05) is 6.07 Å². The molecule has 1 fully saturated rings. The fourth-order valence-electron chi connectivity index (χ4n) is 2.33. The van der Waals surface area contributed by atoms with Gasteiger partial charge >= 0.3 is 5.97 Å². The molecule has 0 N–H and O–H groups in total. The Morgan fingerprint density at radius 2 is 2.33 bits per heavy atom. The van der Waals surface area contributed by atoms with Gasteiger partial charge in [0.2, 0.25) is 0 Å². The molecule has 0 amide bonds. The first kappa shape index (κ1) is 12.9. The number of hydrogen-bond donors (Lipinski definition) is 0. The Hall–Kier alpha value is -1.58. The Bertz CT molecular complexity index is 447. The second-order valence-electron chi connectivity index (χ2n) is 4.81. The predicted octanol–water partition coefficient (Wildman–Crippen LogP) is 2.52. The molecule has 2 rings (SSSR count). The number of aryl methyl sites for hydroxylation is 1. The van der Waals surface area contributed by atoms with Crippen LogP contribution in [0.3, 0.4) is 0 Å². The Morgan fingerprint density at radius 3 is 3.00 bits per heavy atom. The molecule has 0 saturated carbocycles. The lowest BCUT2D eigenvalue weighted by atomic mass is 10.1. The van der Waals surface area contributed by atoms with Gasteiger partial charge < -0.3 is 9.64 Å². The van der Waals surface area contributed by atoms with Crippen molar-refractivity contribution in [2.75, 3.05) is 25.1 Å². The summed E-state index contributed by atoms with van der Waals surface area (Å²) in [7, 11) is 1.41. The topological polar surface area (TPSA) is 29.5 Å². The van der Waals surface area contributed by atoms with Crippen molar-refractivity contribution in [1.29, 1.82) is 0 Å². The first-order valence-electron chi connectivity index (χ1n) is 6.18. The summed E-state index contributed by atoms with van der Waals surface area (Å²) in [5, 5.41) is 0. The summed E-state index contributed by atoms with van der Waals surface area (Å²) >= 11 is 0. The molecule has 0 aromatic heterocycles. The first-order valence-corrected chi connectivity index (χ1v) is 6.18. The van der Waals surface area contributed by atoms with E-state index in [1.54, 1.807) is 19.1 Å². The lowest BCUT2D eigenvalue weighted by molar-refractivity contribution is -0.141. The Morgan fingerprint density at radius 1 is 1.56 bits per heavy atom. The molecule has 0 bridgehead atoms. The number of anilines is 1. The van der Waals surface area contributed by atoms with Crippen LogP contribution in [0.25, 0.3) is 0 Å². The van der Waals surface area contributed by atoms with Crippen LogP contribution < -0.4 is 4.90 Å². The van der Waals surface area contributed by atoms with Gasteiger partial charge in [-0.3, -0.25) is 4.79 Å². The van der Waals surface area contributed by atoms with E-state index >= 15 is 0 Å². The first-order chi connectivity index (χ1) is 8.60. The second-order valence-corrected chi connectivity index (χ2v) is 4.81. The molecule has 1 unspecified atom stereocenters. The highest BCUT2D eigenvalue weighted by Gasteiger charge is 2.25. The van der Waals surface area contributed by atoms with E-state index in [1.807, 2.05) is 6.07 Å². The number of rotatable bonds is 3. The number of carbonyl (C=O) groups is 1. The lowest BCUT2D eigenvalue weighted by Crippen LogP contribution is -2.20. The molecule has 18 heavy (non-hydrogen) atoms. The summed E-state index contributed by atoms with van der Waals surface area (Å²) in [6, 6.07) is 5.28. The van der Waals surface area contributed by atoms with Gasteiger partial charge in [0.15, 0.2) is 0 Å². The van der Waals surface area contributed by atoms with Gasteiger partial charge in [-0.15, -0.1) is 0 Å². The van der Waals surface area contributed by atoms with Crippen LogP contribution in [0, 0.1) is 18.7 Å². The number of esters is 1. The molecule has 1 atom stereocenters. The molecule has 0 radical (unpaired) electrons. The molecule has 0 aliphatic carbocycles. The van der Waals surface area contributed by atoms with E-state index in [-0.39, 0.29) is 11.8 Å². The molecule has 1 aromatic rings. The van der Waals surface area contributed by atoms with Gasteiger partial charge in [0.05, 0.1) is 13.5 Å². The molecular formula is C14H18FNO2. The van der Waals surface area contributed by atoms with Crippen LogP contribution in [-0.4, -0.2) is 26.2 Å². The molecule has 4 heteroatoms. The zero-order valence-corrected chi connectivity index (χ0v) is 10.8. The number of halogens is 1. The van der Waals surface area contributed by atoms with Crippen LogP contribution >= 0.6 is 0 Å². The minimum absolute atomic E-state index is 0.170. The van der Waals surface area contributed by atoms with Crippen LogP contribution in [0.1, 0.15) is 18.4 Å². The molecule has 98 valence electrons. The highest BCUT2D eigenvalue weighted by Crippen LogP contribution is 2.27. The van der Waals surface area contributed by atoms with Crippen LogP contribution in [0.4, 0.5) is 10.1 Å². The maximum Gasteiger partial charge on any atom is 0.305 e. The highest BCUT2D eigenvalue weighted by atomic mass is 19.1. The summed E-state index contributed by atoms with van der Waals surface area (Å²) in [4.78, 5) is 13.3. The van der Waals surface area contributed by atoms with Gasteiger partial charge in [-0.05, 0) is 37.0 Å². The minimum atomic E-state index is -0.177. The predicted molar refractivity (Wildman–Crippen MR) is 68.1 cm³/mol. The summed E-state index contributed by atoms with van der Waals surface area (Å²) in [5.41, 5.74) is 1.55. The van der Waals surface area contributed by atoms with Crippen molar-refractivity contribution in [3.8, 4) is 0 Å². The SMILES string of the molecule is COC(=O)CC1CCN(c2ccc(C)c(F)c2)C1. The van der Waals surface area contributed by atoms with Gasteiger partial charge in [0.25, 0.3) is 0 Å². The van der Waals surface area contributed by atoms with E-state index < -0.39 is 0 Å². The third-order valence-corrected chi connectivity index (χ3v) is 3.49. The average molecular weight is 251 g/mol. The molecule has 0 spiro atoms. The fourth-order valence-corrected chi connectivity index (χ4v) is 2.33. The van der Waals surface area contributed by atoms with E-state index in [0.717, 1.165) is 25.2 Å². The Labute approximate surface area is 107 Å². The van der Waals surface area contributed by atoms with Crippen molar-refractivity contribution in [2.24, 2.45) is 5.92 Å². The number of methoxy groups -OCH3 is 1. The summed E-state index contributed by atoms with van der Waals surface area (Å²) in [6.45, 7) is 3.41. The number of ether oxygens (including phenoxy) is 1. The molecular weight excluding hydrogens is 233 g/mol. The van der Waals surface area contributed by atoms with E-state index in [9.17, 15) is 9.18 Å². The molecule has 1 aliphatic heterocycles. The maximum absolute atomic E-state index is 13.5. The maximum atomic E-state index is 13.5. The largest absolute Gasteiger partial charge is 0.469 e. The van der Waals surface area contributed by atoms with E-state index in [1.165, 1.54) is 7.11 Å². The van der Waals surface area contributed by atoms with E-state index in [2.05, 4.69) is 9.64 Å². The van der Waals surface area contributed by atoms with Gasteiger partial charge in [-0.25, -0.2) is 4.39 Å². The van der Waals surface area contributed by atoms with Gasteiger partial charge in [0.1, 0.15) is 5.82 Å². The Kier molecular flexibility index (Phi) is 3.84. The summed E-state index contributed by atoms with van der Waals surface area (Å²) in [6.07, 6.45) is 1.39. The van der Waals surface area contributed by atoms with Crippen LogP contribution in [0.2, 0.25) is 0 Å². The quantitative estimate of drug-likeness (QED) is 0.773. The standard InChI is InChI=1S/C14H18FNO2/c1-10-3-4-12(8-13(10)15)16-6-5-11(9-16)7-14(17)18-2/h3-4,8,11H,5-7,9H2,1-2H3. The Balaban J connectivity index is 1.99. The van der Waals surface area contributed by atoms with Gasteiger partial charge in [-0.2, -0.15) is 0 Å². The molecule has 1 saturated heterocycles. The lowest BCUT2D eigenvalue weighted by Gasteiger charge is -2.19. The fraction of sp³-hybridized carbons (Fsp3) is 0.500.